The molecule has 0 unspecified atom stereocenters. The number of aromatic nitrogens is 4. The molecule has 0 aromatic carbocycles. The summed E-state index contributed by atoms with van der Waals surface area (Å²) in [7, 11) is 0. The summed E-state index contributed by atoms with van der Waals surface area (Å²) in [5.74, 6) is 0.375. The van der Waals surface area contributed by atoms with Crippen LogP contribution >= 0.6 is 23.7 Å². The fourth-order valence-corrected chi connectivity index (χ4v) is 3.75. The molecule has 1 fully saturated rings. The van der Waals surface area contributed by atoms with Gasteiger partial charge in [-0.1, -0.05) is 0 Å². The van der Waals surface area contributed by atoms with Crippen molar-refractivity contribution < 1.29 is 4.79 Å². The highest BCUT2D eigenvalue weighted by Crippen LogP contribution is 2.31. The molecule has 1 aliphatic heterocycles. The van der Waals surface area contributed by atoms with Gasteiger partial charge in [-0.25, -0.2) is 4.98 Å². The molecule has 1 aliphatic rings. The second-order valence-corrected chi connectivity index (χ2v) is 6.62. The smallest absolute Gasteiger partial charge is 0.258 e. The second-order valence-electron chi connectivity index (χ2n) is 5.56. The van der Waals surface area contributed by atoms with E-state index in [9.17, 15) is 4.79 Å². The van der Waals surface area contributed by atoms with E-state index in [1.807, 2.05) is 6.20 Å². The number of nitrogens with one attached hydrogen (secondary N) is 2. The molecule has 4 rings (SSSR count). The predicted molar refractivity (Wildman–Crippen MR) is 95.1 cm³/mol. The molecule has 0 spiro atoms. The zero-order valence-electron chi connectivity index (χ0n) is 12.8. The number of anilines is 1. The lowest BCUT2D eigenvalue weighted by Gasteiger charge is -2.20. The summed E-state index contributed by atoms with van der Waals surface area (Å²) >= 11 is 1.57. The van der Waals surface area contributed by atoms with Crippen LogP contribution in [-0.4, -0.2) is 38.6 Å². The monoisotopic (exact) mass is 364 g/mol. The lowest BCUT2D eigenvalue weighted by Crippen LogP contribution is -2.26. The Hall–Kier alpha value is -2.03. The fourth-order valence-electron chi connectivity index (χ4n) is 2.77. The molecule has 0 aliphatic carbocycles. The molecule has 1 saturated heterocycles. The molecule has 3 aromatic heterocycles. The number of carbonyl (C=O) groups excluding carboxylic acids is 1. The summed E-state index contributed by atoms with van der Waals surface area (Å²) in [6, 6.07) is 3.50. The van der Waals surface area contributed by atoms with Gasteiger partial charge in [-0.2, -0.15) is 0 Å². The summed E-state index contributed by atoms with van der Waals surface area (Å²) in [5.41, 5.74) is 1.26. The summed E-state index contributed by atoms with van der Waals surface area (Å²) in [5, 5.41) is 14.6. The number of rotatable bonds is 3. The van der Waals surface area contributed by atoms with Crippen molar-refractivity contribution in [2.75, 3.05) is 18.4 Å². The van der Waals surface area contributed by atoms with Gasteiger partial charge in [0.25, 0.3) is 5.91 Å². The first kappa shape index (κ1) is 16.8. The van der Waals surface area contributed by atoms with Gasteiger partial charge in [-0.3, -0.25) is 14.5 Å². The third kappa shape index (κ3) is 3.40. The van der Waals surface area contributed by atoms with E-state index in [1.165, 1.54) is 4.88 Å². The normalized spacial score (nSPS) is 15.2. The van der Waals surface area contributed by atoms with Crippen LogP contribution in [0.15, 0.2) is 30.9 Å². The third-order valence-electron chi connectivity index (χ3n) is 4.04. The molecule has 7 nitrogen and oxygen atoms in total. The van der Waals surface area contributed by atoms with Crippen molar-refractivity contribution in [1.82, 2.24) is 24.9 Å². The maximum absolute atomic E-state index is 12.4. The molecular formula is C15H17ClN6OS. The van der Waals surface area contributed by atoms with E-state index < -0.39 is 0 Å². The van der Waals surface area contributed by atoms with E-state index in [1.54, 1.807) is 40.4 Å². The maximum atomic E-state index is 12.4. The molecule has 4 heterocycles. The Morgan fingerprint density at radius 2 is 2.17 bits per heavy atom. The SMILES string of the molecule is Cl.O=C(Nc1ncc(C2CCNCC2)s1)c1ccc2nncn2c1. The number of hydrogen-bond donors (Lipinski definition) is 2. The van der Waals surface area contributed by atoms with Crippen molar-refractivity contribution in [2.24, 2.45) is 0 Å². The van der Waals surface area contributed by atoms with Gasteiger partial charge in [0.1, 0.15) is 6.33 Å². The molecule has 0 atom stereocenters. The number of hydrogen-bond acceptors (Lipinski definition) is 6. The number of amides is 1. The molecule has 3 aromatic rings. The topological polar surface area (TPSA) is 84.2 Å². The summed E-state index contributed by atoms with van der Waals surface area (Å²) < 4.78 is 1.72. The van der Waals surface area contributed by atoms with Crippen molar-refractivity contribution in [3.05, 3.63) is 41.3 Å². The van der Waals surface area contributed by atoms with Crippen molar-refractivity contribution in [3.63, 3.8) is 0 Å². The molecule has 24 heavy (non-hydrogen) atoms. The standard InChI is InChI=1S/C15H16N6OS.ClH/c22-14(11-1-2-13-20-18-9-21(13)8-11)19-15-17-7-12(23-15)10-3-5-16-6-4-10;/h1-2,7-10,16H,3-6H2,(H,17,19,22);1H. The van der Waals surface area contributed by atoms with Gasteiger partial charge in [-0.15, -0.1) is 33.9 Å². The van der Waals surface area contributed by atoms with Gasteiger partial charge in [0.15, 0.2) is 10.8 Å². The minimum atomic E-state index is -0.174. The van der Waals surface area contributed by atoms with Gasteiger partial charge < -0.3 is 5.32 Å². The van der Waals surface area contributed by atoms with Crippen LogP contribution in [0.3, 0.4) is 0 Å². The Balaban J connectivity index is 0.00000169. The molecule has 9 heteroatoms. The molecular weight excluding hydrogens is 348 g/mol. The number of pyridine rings is 1. The van der Waals surface area contributed by atoms with Crippen LogP contribution in [-0.2, 0) is 0 Å². The highest BCUT2D eigenvalue weighted by molar-refractivity contribution is 7.15. The minimum absolute atomic E-state index is 0. The van der Waals surface area contributed by atoms with Crippen LogP contribution in [0.5, 0.6) is 0 Å². The van der Waals surface area contributed by atoms with Crippen LogP contribution < -0.4 is 10.6 Å². The molecule has 1 amide bonds. The van der Waals surface area contributed by atoms with Crippen molar-refractivity contribution in [1.29, 1.82) is 0 Å². The number of thiazole rings is 1. The quantitative estimate of drug-likeness (QED) is 0.745. The first-order valence-corrected chi connectivity index (χ1v) is 8.38. The average Bonchev–Trinajstić information content (AvgIpc) is 3.24. The molecule has 2 N–H and O–H groups in total. The molecule has 0 saturated carbocycles. The summed E-state index contributed by atoms with van der Waals surface area (Å²) in [4.78, 5) is 17.9. The average molecular weight is 365 g/mol. The molecule has 0 radical (unpaired) electrons. The lowest BCUT2D eigenvalue weighted by molar-refractivity contribution is 0.102. The van der Waals surface area contributed by atoms with Crippen LogP contribution in [0.2, 0.25) is 0 Å². The number of piperidine rings is 1. The van der Waals surface area contributed by atoms with Crippen molar-refractivity contribution >= 4 is 40.4 Å². The number of fused-ring (bicyclic) bond motifs is 1. The van der Waals surface area contributed by atoms with Gasteiger partial charge in [0.2, 0.25) is 0 Å². The largest absolute Gasteiger partial charge is 0.317 e. The van der Waals surface area contributed by atoms with E-state index in [2.05, 4.69) is 25.8 Å². The lowest BCUT2D eigenvalue weighted by atomic mass is 9.97. The Kier molecular flexibility index (Phi) is 5.08. The highest BCUT2D eigenvalue weighted by atomic mass is 35.5. The number of carbonyl (C=O) groups is 1. The van der Waals surface area contributed by atoms with Gasteiger partial charge in [0.05, 0.1) is 5.56 Å². The Labute approximate surface area is 148 Å². The van der Waals surface area contributed by atoms with Crippen LogP contribution in [0.4, 0.5) is 5.13 Å². The second kappa shape index (κ2) is 7.25. The first-order valence-electron chi connectivity index (χ1n) is 7.57. The van der Waals surface area contributed by atoms with Gasteiger partial charge >= 0.3 is 0 Å². The molecule has 126 valence electrons. The zero-order chi connectivity index (χ0) is 15.6. The minimum Gasteiger partial charge on any atom is -0.317 e. The summed E-state index contributed by atoms with van der Waals surface area (Å²) in [6.07, 6.45) is 7.43. The maximum Gasteiger partial charge on any atom is 0.258 e. The van der Waals surface area contributed by atoms with Crippen LogP contribution in [0.1, 0.15) is 34.0 Å². The summed E-state index contributed by atoms with van der Waals surface area (Å²) in [6.45, 7) is 2.09. The van der Waals surface area contributed by atoms with E-state index in [0.717, 1.165) is 25.9 Å². The first-order chi connectivity index (χ1) is 11.3. The predicted octanol–water partition coefficient (Wildman–Crippen LogP) is 2.33. The van der Waals surface area contributed by atoms with Crippen LogP contribution in [0, 0.1) is 0 Å². The van der Waals surface area contributed by atoms with Gasteiger partial charge in [0, 0.05) is 17.3 Å². The van der Waals surface area contributed by atoms with E-state index >= 15 is 0 Å². The Morgan fingerprint density at radius 1 is 1.33 bits per heavy atom. The fraction of sp³-hybridized carbons (Fsp3) is 0.333. The van der Waals surface area contributed by atoms with Gasteiger partial charge in [-0.05, 0) is 44.0 Å². The van der Waals surface area contributed by atoms with Crippen LogP contribution in [0.25, 0.3) is 5.65 Å². The van der Waals surface area contributed by atoms with E-state index in [-0.39, 0.29) is 18.3 Å². The van der Waals surface area contributed by atoms with E-state index in [4.69, 9.17) is 0 Å². The Bertz CT molecular complexity index is 841. The zero-order valence-corrected chi connectivity index (χ0v) is 14.4. The number of nitrogens with zero attached hydrogens (tertiary/aromatic N) is 4. The molecule has 0 bridgehead atoms. The van der Waals surface area contributed by atoms with Crippen molar-refractivity contribution in [2.45, 2.75) is 18.8 Å². The Morgan fingerprint density at radius 3 is 3.00 bits per heavy atom. The third-order valence-corrected chi connectivity index (χ3v) is 5.11. The van der Waals surface area contributed by atoms with Crippen molar-refractivity contribution in [3.8, 4) is 0 Å². The van der Waals surface area contributed by atoms with E-state index in [0.29, 0.717) is 22.3 Å². The highest BCUT2D eigenvalue weighted by Gasteiger charge is 2.18. The number of halogens is 1.